The number of fused-ring (bicyclic) bond motifs is 1. The first-order chi connectivity index (χ1) is 6.27. The number of nitrogens with zero attached hydrogens (tertiary/aromatic N) is 2. The maximum Gasteiger partial charge on any atom is 0.137 e. The van der Waals surface area contributed by atoms with E-state index in [2.05, 4.69) is 35.0 Å². The molecular formula is C10H12N3. The topological polar surface area (TPSA) is 31.9 Å². The number of nitrogens with one attached hydrogen (secondary N) is 1. The van der Waals surface area contributed by atoms with Crippen molar-refractivity contribution in [3.8, 4) is 0 Å². The Labute approximate surface area is 77.4 Å². The van der Waals surface area contributed by atoms with E-state index in [1.807, 2.05) is 12.3 Å². The Hall–Kier alpha value is -1.35. The molecule has 0 saturated carbocycles. The van der Waals surface area contributed by atoms with Gasteiger partial charge >= 0.3 is 0 Å². The van der Waals surface area contributed by atoms with Gasteiger partial charge in [0.25, 0.3) is 0 Å². The molecule has 0 aliphatic carbocycles. The van der Waals surface area contributed by atoms with Gasteiger partial charge in [0.05, 0.1) is 0 Å². The van der Waals surface area contributed by atoms with Gasteiger partial charge in [-0.3, -0.25) is 0 Å². The number of rotatable bonds is 2. The fraction of sp³-hybridized carbons (Fsp3) is 0.300. The summed E-state index contributed by atoms with van der Waals surface area (Å²) in [5, 5.41) is 1.16. The summed E-state index contributed by atoms with van der Waals surface area (Å²) in [6.07, 6.45) is 3.68. The fourth-order valence-corrected chi connectivity index (χ4v) is 1.42. The monoisotopic (exact) mass is 174 g/mol. The Bertz CT molecular complexity index is 403. The molecule has 0 bridgehead atoms. The van der Waals surface area contributed by atoms with E-state index in [-0.39, 0.29) is 0 Å². The Morgan fingerprint density at radius 2 is 2.38 bits per heavy atom. The van der Waals surface area contributed by atoms with Gasteiger partial charge < -0.3 is 9.88 Å². The number of aromatic nitrogens is 2. The lowest BCUT2D eigenvalue weighted by Gasteiger charge is -2.07. The summed E-state index contributed by atoms with van der Waals surface area (Å²) < 4.78 is 0. The molecule has 1 N–H and O–H groups in total. The summed E-state index contributed by atoms with van der Waals surface area (Å²) in [5.74, 6) is 0. The first kappa shape index (κ1) is 8.26. The Balaban J connectivity index is 2.46. The fourth-order valence-electron chi connectivity index (χ4n) is 1.42. The van der Waals surface area contributed by atoms with E-state index in [1.165, 1.54) is 5.56 Å². The van der Waals surface area contributed by atoms with Gasteiger partial charge in [-0.05, 0) is 25.7 Å². The third-order valence-corrected chi connectivity index (χ3v) is 1.97. The van der Waals surface area contributed by atoms with Crippen LogP contribution in [0.5, 0.6) is 0 Å². The van der Waals surface area contributed by atoms with Crippen molar-refractivity contribution in [3.63, 3.8) is 0 Å². The first-order valence-electron chi connectivity index (χ1n) is 4.24. The third kappa shape index (κ3) is 1.55. The molecule has 0 fully saturated rings. The minimum absolute atomic E-state index is 0.930. The molecule has 0 spiro atoms. The molecule has 0 aliphatic rings. The van der Waals surface area contributed by atoms with Gasteiger partial charge in [-0.1, -0.05) is 0 Å². The van der Waals surface area contributed by atoms with Crippen LogP contribution in [-0.4, -0.2) is 29.0 Å². The molecule has 0 saturated heterocycles. The minimum atomic E-state index is 0.930. The van der Waals surface area contributed by atoms with Gasteiger partial charge in [-0.2, -0.15) is 0 Å². The van der Waals surface area contributed by atoms with E-state index in [0.717, 1.165) is 17.6 Å². The van der Waals surface area contributed by atoms with E-state index >= 15 is 0 Å². The molecule has 0 aromatic carbocycles. The highest BCUT2D eigenvalue weighted by Gasteiger charge is 2.03. The van der Waals surface area contributed by atoms with E-state index < -0.39 is 0 Å². The smallest absolute Gasteiger partial charge is 0.137 e. The SMILES string of the molecule is CN(C)Cc1c[nH]c2nc[c]cc12. The summed E-state index contributed by atoms with van der Waals surface area (Å²) in [4.78, 5) is 9.45. The number of H-pyrrole nitrogens is 1. The van der Waals surface area contributed by atoms with Crippen molar-refractivity contribution in [1.29, 1.82) is 0 Å². The minimum Gasteiger partial charge on any atom is -0.346 e. The molecular weight excluding hydrogens is 162 g/mol. The molecule has 1 radical (unpaired) electrons. The summed E-state index contributed by atoms with van der Waals surface area (Å²) in [6, 6.07) is 4.96. The molecule has 0 amide bonds. The van der Waals surface area contributed by atoms with Crippen LogP contribution in [0.1, 0.15) is 5.56 Å². The second kappa shape index (κ2) is 3.18. The molecule has 2 heterocycles. The van der Waals surface area contributed by atoms with Crippen molar-refractivity contribution in [2.75, 3.05) is 14.1 Å². The first-order valence-corrected chi connectivity index (χ1v) is 4.24. The highest BCUT2D eigenvalue weighted by atomic mass is 15.1. The lowest BCUT2D eigenvalue weighted by atomic mass is 10.2. The van der Waals surface area contributed by atoms with Crippen molar-refractivity contribution in [2.45, 2.75) is 6.54 Å². The average molecular weight is 174 g/mol. The molecule has 3 nitrogen and oxygen atoms in total. The second-order valence-corrected chi connectivity index (χ2v) is 3.38. The number of aromatic amines is 1. The lowest BCUT2D eigenvalue weighted by Crippen LogP contribution is -2.10. The van der Waals surface area contributed by atoms with Crippen molar-refractivity contribution in [3.05, 3.63) is 30.1 Å². The summed E-state index contributed by atoms with van der Waals surface area (Å²) in [6.45, 7) is 0.930. The van der Waals surface area contributed by atoms with E-state index in [1.54, 1.807) is 6.20 Å². The van der Waals surface area contributed by atoms with Crippen LogP contribution in [0.2, 0.25) is 0 Å². The zero-order chi connectivity index (χ0) is 9.26. The van der Waals surface area contributed by atoms with E-state index in [9.17, 15) is 0 Å². The van der Waals surface area contributed by atoms with Crippen molar-refractivity contribution in [1.82, 2.24) is 14.9 Å². The molecule has 2 aromatic rings. The number of hydrogen-bond acceptors (Lipinski definition) is 2. The molecule has 0 unspecified atom stereocenters. The van der Waals surface area contributed by atoms with Gasteiger partial charge in [0.1, 0.15) is 5.65 Å². The summed E-state index contributed by atoms with van der Waals surface area (Å²) in [7, 11) is 4.11. The quantitative estimate of drug-likeness (QED) is 0.746. The Morgan fingerprint density at radius 3 is 3.15 bits per heavy atom. The van der Waals surface area contributed by atoms with Crippen LogP contribution >= 0.6 is 0 Å². The van der Waals surface area contributed by atoms with Gasteiger partial charge in [0.2, 0.25) is 0 Å². The van der Waals surface area contributed by atoms with Crippen LogP contribution in [0.25, 0.3) is 11.0 Å². The molecule has 67 valence electrons. The average Bonchev–Trinajstić information content (AvgIpc) is 2.48. The maximum atomic E-state index is 4.18. The van der Waals surface area contributed by atoms with Crippen LogP contribution in [0.4, 0.5) is 0 Å². The predicted molar refractivity (Wildman–Crippen MR) is 52.3 cm³/mol. The van der Waals surface area contributed by atoms with Crippen LogP contribution in [0.3, 0.4) is 0 Å². The normalized spacial score (nSPS) is 11.3. The maximum absolute atomic E-state index is 4.18. The van der Waals surface area contributed by atoms with Gasteiger partial charge in [0.15, 0.2) is 0 Å². The summed E-state index contributed by atoms with van der Waals surface area (Å²) >= 11 is 0. The molecule has 2 aromatic heterocycles. The zero-order valence-corrected chi connectivity index (χ0v) is 7.83. The molecule has 13 heavy (non-hydrogen) atoms. The van der Waals surface area contributed by atoms with Crippen LogP contribution in [0, 0.1) is 6.07 Å². The Kier molecular flexibility index (Phi) is 2.02. The lowest BCUT2D eigenvalue weighted by molar-refractivity contribution is 0.404. The van der Waals surface area contributed by atoms with Crippen LogP contribution in [-0.2, 0) is 6.54 Å². The standard InChI is InChI=1S/C10H12N3/c1-13(2)7-8-6-12-10-9(8)4-3-5-11-10/h4-6H,7H2,1-2H3,(H,11,12). The predicted octanol–water partition coefficient (Wildman–Crippen LogP) is 1.42. The zero-order valence-electron chi connectivity index (χ0n) is 7.83. The number of pyridine rings is 1. The number of hydrogen-bond donors (Lipinski definition) is 1. The van der Waals surface area contributed by atoms with Crippen LogP contribution < -0.4 is 0 Å². The molecule has 3 heteroatoms. The summed E-state index contributed by atoms with van der Waals surface area (Å²) in [5.41, 5.74) is 2.21. The molecule has 2 rings (SSSR count). The van der Waals surface area contributed by atoms with E-state index in [0.29, 0.717) is 0 Å². The van der Waals surface area contributed by atoms with Crippen molar-refractivity contribution in [2.24, 2.45) is 0 Å². The largest absolute Gasteiger partial charge is 0.346 e. The highest BCUT2D eigenvalue weighted by molar-refractivity contribution is 5.79. The molecule has 0 aliphatic heterocycles. The molecule has 0 atom stereocenters. The second-order valence-electron chi connectivity index (χ2n) is 3.38. The van der Waals surface area contributed by atoms with Crippen molar-refractivity contribution < 1.29 is 0 Å². The van der Waals surface area contributed by atoms with Crippen LogP contribution in [0.15, 0.2) is 18.5 Å². The van der Waals surface area contributed by atoms with Gasteiger partial charge in [-0.25, -0.2) is 4.98 Å². The van der Waals surface area contributed by atoms with Gasteiger partial charge in [0, 0.05) is 30.4 Å². The highest BCUT2D eigenvalue weighted by Crippen LogP contribution is 2.15. The third-order valence-electron chi connectivity index (χ3n) is 1.97. The van der Waals surface area contributed by atoms with Gasteiger partial charge in [-0.15, -0.1) is 0 Å². The van der Waals surface area contributed by atoms with Crippen molar-refractivity contribution >= 4 is 11.0 Å². The van der Waals surface area contributed by atoms with E-state index in [4.69, 9.17) is 0 Å². The Morgan fingerprint density at radius 1 is 1.54 bits per heavy atom.